The van der Waals surface area contributed by atoms with Crippen LogP contribution in [0.3, 0.4) is 0 Å². The Morgan fingerprint density at radius 1 is 1.26 bits per heavy atom. The first kappa shape index (κ1) is 17.8. The van der Waals surface area contributed by atoms with E-state index in [1.165, 1.54) is 0 Å². The predicted octanol–water partition coefficient (Wildman–Crippen LogP) is 3.19. The highest BCUT2D eigenvalue weighted by molar-refractivity contribution is 6.48. The third kappa shape index (κ3) is 3.53. The Balaban J connectivity index is 2.37. The molecule has 1 aliphatic heterocycles. The summed E-state index contributed by atoms with van der Waals surface area (Å²) >= 11 is 0. The fourth-order valence-electron chi connectivity index (χ4n) is 2.79. The van der Waals surface area contributed by atoms with Gasteiger partial charge in [-0.25, -0.2) is 0 Å². The van der Waals surface area contributed by atoms with E-state index in [1.807, 2.05) is 52.8 Å². The third-order valence-electron chi connectivity index (χ3n) is 4.87. The molecule has 2 rings (SSSR count). The van der Waals surface area contributed by atoms with E-state index in [-0.39, 0.29) is 12.2 Å². The summed E-state index contributed by atoms with van der Waals surface area (Å²) in [5, 5.41) is 9.32. The van der Waals surface area contributed by atoms with Gasteiger partial charge in [-0.3, -0.25) is 4.79 Å². The van der Waals surface area contributed by atoms with Crippen molar-refractivity contribution in [2.75, 3.05) is 7.11 Å². The number of methoxy groups -OCH3 is 1. The van der Waals surface area contributed by atoms with Crippen molar-refractivity contribution >= 4 is 13.1 Å². The second kappa shape index (κ2) is 6.17. The normalized spacial score (nSPS) is 20.3. The first-order chi connectivity index (χ1) is 10.6. The molecule has 0 amide bonds. The minimum Gasteiger partial charge on any atom is -0.497 e. The Labute approximate surface area is 138 Å². The number of hydrogen-bond acceptors (Lipinski definition) is 4. The highest BCUT2D eigenvalue weighted by Gasteiger charge is 2.54. The van der Waals surface area contributed by atoms with Gasteiger partial charge in [0, 0.05) is 5.82 Å². The number of aliphatic carboxylic acids is 1. The zero-order chi connectivity index (χ0) is 17.4. The minimum absolute atomic E-state index is 0.0516. The monoisotopic (exact) mass is 320 g/mol. The summed E-state index contributed by atoms with van der Waals surface area (Å²) < 4.78 is 17.4. The van der Waals surface area contributed by atoms with Crippen LogP contribution in [-0.4, -0.2) is 36.5 Å². The first-order valence-corrected chi connectivity index (χ1v) is 7.79. The van der Waals surface area contributed by atoms with E-state index in [4.69, 9.17) is 14.0 Å². The Kier molecular flexibility index (Phi) is 4.78. The summed E-state index contributed by atoms with van der Waals surface area (Å²) in [6.07, 6.45) is -0.0516. The van der Waals surface area contributed by atoms with Gasteiger partial charge in [0.1, 0.15) is 5.75 Å². The summed E-state index contributed by atoms with van der Waals surface area (Å²) in [6, 6.07) is 5.63. The van der Waals surface area contributed by atoms with Crippen LogP contribution in [0.4, 0.5) is 0 Å². The molecule has 0 spiro atoms. The Hall–Kier alpha value is -1.53. The Morgan fingerprint density at radius 3 is 2.26 bits per heavy atom. The molecular weight excluding hydrogens is 295 g/mol. The van der Waals surface area contributed by atoms with Gasteiger partial charge in [-0.05, 0) is 57.9 Å². The van der Waals surface area contributed by atoms with Gasteiger partial charge in [0.15, 0.2) is 0 Å². The van der Waals surface area contributed by atoms with Gasteiger partial charge in [-0.2, -0.15) is 0 Å². The molecule has 0 aliphatic carbocycles. The number of rotatable bonds is 5. The van der Waals surface area contributed by atoms with Gasteiger partial charge in [0.25, 0.3) is 0 Å². The number of carboxylic acid groups (broad SMARTS) is 1. The molecule has 6 heteroatoms. The number of benzene rings is 1. The Morgan fingerprint density at radius 2 is 1.83 bits per heavy atom. The maximum atomic E-state index is 11.4. The number of hydrogen-bond donors (Lipinski definition) is 1. The quantitative estimate of drug-likeness (QED) is 0.844. The van der Waals surface area contributed by atoms with Gasteiger partial charge in [-0.1, -0.05) is 6.07 Å². The molecule has 1 unspecified atom stereocenters. The van der Waals surface area contributed by atoms with E-state index < -0.39 is 24.3 Å². The van der Waals surface area contributed by atoms with E-state index in [0.717, 1.165) is 16.9 Å². The molecule has 0 saturated carbocycles. The van der Waals surface area contributed by atoms with Gasteiger partial charge in [0.2, 0.25) is 0 Å². The van der Waals surface area contributed by atoms with Crippen molar-refractivity contribution in [2.45, 2.75) is 58.1 Å². The van der Waals surface area contributed by atoms with Crippen LogP contribution in [0, 0.1) is 6.92 Å². The van der Waals surface area contributed by atoms with Crippen molar-refractivity contribution in [3.8, 4) is 5.75 Å². The number of aryl methyl sites for hydroxylation is 1. The molecule has 0 bridgehead atoms. The van der Waals surface area contributed by atoms with Gasteiger partial charge in [-0.15, -0.1) is 0 Å². The van der Waals surface area contributed by atoms with Crippen LogP contribution >= 0.6 is 0 Å². The molecule has 0 aromatic heterocycles. The molecule has 5 nitrogen and oxygen atoms in total. The summed E-state index contributed by atoms with van der Waals surface area (Å²) in [5.74, 6) is -0.506. The molecule has 1 heterocycles. The number of carboxylic acids is 1. The Bertz CT molecular complexity index is 581. The molecule has 0 radical (unpaired) electrons. The summed E-state index contributed by atoms with van der Waals surface area (Å²) in [7, 11) is 1.01. The van der Waals surface area contributed by atoms with E-state index >= 15 is 0 Å². The topological polar surface area (TPSA) is 65.0 Å². The van der Waals surface area contributed by atoms with Crippen LogP contribution < -0.4 is 4.74 Å². The average molecular weight is 320 g/mol. The molecule has 1 saturated heterocycles. The molecule has 1 fully saturated rings. The lowest BCUT2D eigenvalue weighted by atomic mass is 9.65. The predicted molar refractivity (Wildman–Crippen MR) is 88.8 cm³/mol. The molecule has 1 aromatic carbocycles. The second-order valence-electron chi connectivity index (χ2n) is 7.05. The largest absolute Gasteiger partial charge is 0.497 e. The summed E-state index contributed by atoms with van der Waals surface area (Å²) in [5.41, 5.74) is 0.890. The molecule has 1 aliphatic rings. The van der Waals surface area contributed by atoms with Crippen molar-refractivity contribution in [3.63, 3.8) is 0 Å². The first-order valence-electron chi connectivity index (χ1n) is 7.79. The molecular formula is C17H25BO5. The van der Waals surface area contributed by atoms with E-state index in [1.54, 1.807) is 7.11 Å². The van der Waals surface area contributed by atoms with Crippen LogP contribution in [0.2, 0.25) is 0 Å². The zero-order valence-electron chi connectivity index (χ0n) is 14.7. The van der Waals surface area contributed by atoms with Crippen LogP contribution in [0.1, 0.15) is 51.1 Å². The SMILES string of the molecule is COc1ccc(C(CC(=O)O)B2OC(C)(C)C(C)(C)O2)c(C)c1. The van der Waals surface area contributed by atoms with E-state index in [0.29, 0.717) is 0 Å². The maximum absolute atomic E-state index is 11.4. The van der Waals surface area contributed by atoms with Gasteiger partial charge in [0.05, 0.1) is 24.7 Å². The van der Waals surface area contributed by atoms with Crippen LogP contribution in [0.5, 0.6) is 5.75 Å². The lowest BCUT2D eigenvalue weighted by molar-refractivity contribution is -0.137. The molecule has 1 N–H and O–H groups in total. The molecule has 126 valence electrons. The van der Waals surface area contributed by atoms with Gasteiger partial charge >= 0.3 is 13.1 Å². The van der Waals surface area contributed by atoms with Crippen LogP contribution in [0.25, 0.3) is 0 Å². The second-order valence-corrected chi connectivity index (χ2v) is 7.05. The fraction of sp³-hybridized carbons (Fsp3) is 0.588. The molecule has 1 atom stereocenters. The summed E-state index contributed by atoms with van der Waals surface area (Å²) in [6.45, 7) is 9.80. The highest BCUT2D eigenvalue weighted by Crippen LogP contribution is 2.42. The number of ether oxygens (including phenoxy) is 1. The van der Waals surface area contributed by atoms with Crippen molar-refractivity contribution in [1.82, 2.24) is 0 Å². The summed E-state index contributed by atoms with van der Waals surface area (Å²) in [4.78, 5) is 11.4. The zero-order valence-corrected chi connectivity index (χ0v) is 14.7. The van der Waals surface area contributed by atoms with E-state index in [9.17, 15) is 9.90 Å². The van der Waals surface area contributed by atoms with Gasteiger partial charge < -0.3 is 19.2 Å². The molecule has 1 aromatic rings. The van der Waals surface area contributed by atoms with Crippen molar-refractivity contribution in [2.24, 2.45) is 0 Å². The maximum Gasteiger partial charge on any atom is 0.466 e. The number of carbonyl (C=O) groups is 1. The highest BCUT2D eigenvalue weighted by atomic mass is 16.7. The van der Waals surface area contributed by atoms with Crippen LogP contribution in [-0.2, 0) is 14.1 Å². The van der Waals surface area contributed by atoms with Crippen molar-refractivity contribution in [1.29, 1.82) is 0 Å². The van der Waals surface area contributed by atoms with Crippen molar-refractivity contribution in [3.05, 3.63) is 29.3 Å². The third-order valence-corrected chi connectivity index (χ3v) is 4.87. The fourth-order valence-corrected chi connectivity index (χ4v) is 2.79. The van der Waals surface area contributed by atoms with Crippen LogP contribution in [0.15, 0.2) is 18.2 Å². The lowest BCUT2D eigenvalue weighted by Crippen LogP contribution is -2.41. The molecule has 23 heavy (non-hydrogen) atoms. The smallest absolute Gasteiger partial charge is 0.466 e. The lowest BCUT2D eigenvalue weighted by Gasteiger charge is -2.32. The van der Waals surface area contributed by atoms with E-state index in [2.05, 4.69) is 0 Å². The average Bonchev–Trinajstić information content (AvgIpc) is 2.64. The van der Waals surface area contributed by atoms with Crippen molar-refractivity contribution < 1.29 is 23.9 Å². The minimum atomic E-state index is -0.875. The standard InChI is InChI=1S/C17H25BO5/c1-11-9-12(21-6)7-8-13(11)14(10-15(19)20)18-22-16(2,3)17(4,5)23-18/h7-9,14H,10H2,1-6H3,(H,19,20).